The average molecular weight is 1110 g/mol. The van der Waals surface area contributed by atoms with Crippen molar-refractivity contribution in [2.45, 2.75) is 399 Å². The Morgan fingerprint density at radius 1 is 0.241 bits per heavy atom. The number of carbonyl (C=O) groups excluding carboxylic acids is 3. The Labute approximate surface area is 493 Å². The molecule has 0 amide bonds. The Balaban J connectivity index is 4.15. The van der Waals surface area contributed by atoms with Crippen molar-refractivity contribution < 1.29 is 28.6 Å². The van der Waals surface area contributed by atoms with Crippen LogP contribution in [0.5, 0.6) is 0 Å². The summed E-state index contributed by atoms with van der Waals surface area (Å²) in [7, 11) is 0. The van der Waals surface area contributed by atoms with E-state index in [1.807, 2.05) is 0 Å². The highest BCUT2D eigenvalue weighted by molar-refractivity contribution is 5.71. The van der Waals surface area contributed by atoms with Crippen molar-refractivity contribution in [1.82, 2.24) is 0 Å². The zero-order valence-corrected chi connectivity index (χ0v) is 53.4. The van der Waals surface area contributed by atoms with Crippen LogP contribution in [-0.4, -0.2) is 37.2 Å². The van der Waals surface area contributed by atoms with Gasteiger partial charge in [-0.05, 0) is 89.9 Å². The van der Waals surface area contributed by atoms with Crippen molar-refractivity contribution in [1.29, 1.82) is 0 Å². The Hall–Kier alpha value is -2.37. The van der Waals surface area contributed by atoms with Crippen LogP contribution < -0.4 is 0 Å². The van der Waals surface area contributed by atoms with Crippen molar-refractivity contribution in [2.75, 3.05) is 13.2 Å². The van der Waals surface area contributed by atoms with Crippen LogP contribution in [0.3, 0.4) is 0 Å². The molecule has 0 aliphatic rings. The fourth-order valence-electron chi connectivity index (χ4n) is 10.7. The number of ether oxygens (including phenoxy) is 3. The van der Waals surface area contributed by atoms with E-state index in [0.29, 0.717) is 19.3 Å². The third-order valence-electron chi connectivity index (χ3n) is 16.1. The molecule has 79 heavy (non-hydrogen) atoms. The summed E-state index contributed by atoms with van der Waals surface area (Å²) < 4.78 is 17.0. The van der Waals surface area contributed by atoms with Crippen molar-refractivity contribution in [3.8, 4) is 0 Å². The first-order valence-corrected chi connectivity index (χ1v) is 35.5. The molecule has 0 rings (SSSR count). The summed E-state index contributed by atoms with van der Waals surface area (Å²) in [5, 5.41) is 0. The van der Waals surface area contributed by atoms with Crippen molar-refractivity contribution in [3.63, 3.8) is 0 Å². The van der Waals surface area contributed by atoms with Gasteiger partial charge in [-0.15, -0.1) is 0 Å². The number of esters is 3. The molecule has 0 aliphatic carbocycles. The van der Waals surface area contributed by atoms with Crippen molar-refractivity contribution in [3.05, 3.63) is 36.5 Å². The predicted octanol–water partition coefficient (Wildman–Crippen LogP) is 24.3. The average Bonchev–Trinajstić information content (AvgIpc) is 3.45. The first-order chi connectivity index (χ1) is 39.0. The molecule has 464 valence electrons. The van der Waals surface area contributed by atoms with Gasteiger partial charge < -0.3 is 14.2 Å². The van der Waals surface area contributed by atoms with Gasteiger partial charge in [0.15, 0.2) is 6.10 Å². The second-order valence-electron chi connectivity index (χ2n) is 24.1. The largest absolute Gasteiger partial charge is 0.462 e. The number of carbonyl (C=O) groups is 3. The molecule has 0 aliphatic heterocycles. The Bertz CT molecular complexity index is 1320. The normalized spacial score (nSPS) is 12.2. The van der Waals surface area contributed by atoms with E-state index < -0.39 is 6.10 Å². The standard InChI is InChI=1S/C73H136O6/c1-4-7-10-13-16-19-22-24-26-28-30-32-33-34-35-36-37-38-39-41-42-44-46-48-51-54-57-60-63-66-72(75)78-69-70(68-77-71(74)65-62-59-56-53-50-21-18-15-12-9-6-3)79-73(76)67-64-61-58-55-52-49-47-45-43-40-31-29-27-25-23-20-17-14-11-8-5-2/h15,18,28-31,70H,4-14,16-17,19-27,32-69H2,1-3H3/b18-15-,30-28-,31-29-. The smallest absolute Gasteiger partial charge is 0.306 e. The van der Waals surface area contributed by atoms with E-state index in [4.69, 9.17) is 14.2 Å². The summed E-state index contributed by atoms with van der Waals surface area (Å²) in [6.45, 7) is 6.66. The third-order valence-corrected chi connectivity index (χ3v) is 16.1. The van der Waals surface area contributed by atoms with Crippen LogP contribution in [0.4, 0.5) is 0 Å². The number of hydrogen-bond acceptors (Lipinski definition) is 6. The fourth-order valence-corrected chi connectivity index (χ4v) is 10.7. The second kappa shape index (κ2) is 68.1. The maximum Gasteiger partial charge on any atom is 0.306 e. The SMILES string of the molecule is CCCC/C=C\CCCCCCCC(=O)OCC(COC(=O)CCCCCCCCCCCCCCCCCCC/C=C\CCCCCCCCCC)OC(=O)CCCCCCCCCCC/C=C\CCCCCCCCCC. The molecule has 0 saturated heterocycles. The molecule has 6 nitrogen and oxygen atoms in total. The lowest BCUT2D eigenvalue weighted by Gasteiger charge is -2.18. The first kappa shape index (κ1) is 76.6. The van der Waals surface area contributed by atoms with E-state index in [2.05, 4.69) is 57.2 Å². The second-order valence-corrected chi connectivity index (χ2v) is 24.1. The van der Waals surface area contributed by atoms with Gasteiger partial charge in [-0.3, -0.25) is 14.4 Å². The number of allylic oxidation sites excluding steroid dienone is 6. The zero-order chi connectivity index (χ0) is 57.1. The van der Waals surface area contributed by atoms with Crippen LogP contribution in [0, 0.1) is 0 Å². The van der Waals surface area contributed by atoms with Crippen LogP contribution in [0.25, 0.3) is 0 Å². The molecule has 0 fully saturated rings. The molecule has 0 aromatic heterocycles. The van der Waals surface area contributed by atoms with Gasteiger partial charge in [0.25, 0.3) is 0 Å². The highest BCUT2D eigenvalue weighted by Crippen LogP contribution is 2.18. The van der Waals surface area contributed by atoms with Gasteiger partial charge in [0.1, 0.15) is 13.2 Å². The minimum Gasteiger partial charge on any atom is -0.462 e. The summed E-state index contributed by atoms with van der Waals surface area (Å²) in [4.78, 5) is 38.3. The third kappa shape index (κ3) is 66.3. The van der Waals surface area contributed by atoms with Crippen molar-refractivity contribution >= 4 is 17.9 Å². The van der Waals surface area contributed by atoms with E-state index in [-0.39, 0.29) is 31.1 Å². The first-order valence-electron chi connectivity index (χ1n) is 35.5. The summed E-state index contributed by atoms with van der Waals surface area (Å²) in [5.74, 6) is -0.858. The molecule has 0 aromatic carbocycles. The molecule has 0 bridgehead atoms. The van der Waals surface area contributed by atoms with Gasteiger partial charge in [0.2, 0.25) is 0 Å². The highest BCUT2D eigenvalue weighted by atomic mass is 16.6. The molecule has 0 saturated carbocycles. The van der Waals surface area contributed by atoms with Crippen LogP contribution in [0.1, 0.15) is 393 Å². The predicted molar refractivity (Wildman–Crippen MR) is 344 cm³/mol. The Morgan fingerprint density at radius 3 is 0.671 bits per heavy atom. The fraction of sp³-hybridized carbons (Fsp3) is 0.877. The quantitative estimate of drug-likeness (QED) is 0.0261. The monoisotopic (exact) mass is 1110 g/mol. The topological polar surface area (TPSA) is 78.9 Å². The van der Waals surface area contributed by atoms with Gasteiger partial charge >= 0.3 is 17.9 Å². The van der Waals surface area contributed by atoms with Gasteiger partial charge in [-0.1, -0.05) is 320 Å². The van der Waals surface area contributed by atoms with Crippen LogP contribution >= 0.6 is 0 Å². The van der Waals surface area contributed by atoms with Crippen LogP contribution in [0.2, 0.25) is 0 Å². The lowest BCUT2D eigenvalue weighted by atomic mass is 10.0. The number of unbranched alkanes of at least 4 members (excludes halogenated alkanes) is 49. The summed E-state index contributed by atoms with van der Waals surface area (Å²) in [6.07, 6.45) is 84.7. The zero-order valence-electron chi connectivity index (χ0n) is 53.4. The van der Waals surface area contributed by atoms with E-state index in [0.717, 1.165) is 64.2 Å². The minimum absolute atomic E-state index is 0.0714. The molecule has 6 heteroatoms. The van der Waals surface area contributed by atoms with E-state index >= 15 is 0 Å². The lowest BCUT2D eigenvalue weighted by Crippen LogP contribution is -2.30. The van der Waals surface area contributed by atoms with Crippen LogP contribution in [-0.2, 0) is 28.6 Å². The maximum atomic E-state index is 12.9. The molecular weight excluding hydrogens is 973 g/mol. The molecule has 0 spiro atoms. The van der Waals surface area contributed by atoms with E-state index in [1.165, 1.54) is 289 Å². The lowest BCUT2D eigenvalue weighted by molar-refractivity contribution is -0.167. The minimum atomic E-state index is -0.775. The molecule has 0 radical (unpaired) electrons. The van der Waals surface area contributed by atoms with E-state index in [1.54, 1.807) is 0 Å². The molecular formula is C73H136O6. The molecule has 0 heterocycles. The maximum absolute atomic E-state index is 12.9. The molecule has 1 unspecified atom stereocenters. The number of rotatable bonds is 66. The summed E-state index contributed by atoms with van der Waals surface area (Å²) >= 11 is 0. The molecule has 0 aromatic rings. The molecule has 1 atom stereocenters. The molecule has 0 N–H and O–H groups in total. The van der Waals surface area contributed by atoms with E-state index in [9.17, 15) is 14.4 Å². The van der Waals surface area contributed by atoms with Gasteiger partial charge in [0.05, 0.1) is 0 Å². The number of hydrogen-bond donors (Lipinski definition) is 0. The summed E-state index contributed by atoms with van der Waals surface area (Å²) in [5.41, 5.74) is 0. The van der Waals surface area contributed by atoms with Gasteiger partial charge in [-0.25, -0.2) is 0 Å². The Kier molecular flexibility index (Phi) is 66.1. The van der Waals surface area contributed by atoms with Crippen molar-refractivity contribution in [2.24, 2.45) is 0 Å². The van der Waals surface area contributed by atoms with Gasteiger partial charge in [-0.2, -0.15) is 0 Å². The highest BCUT2D eigenvalue weighted by Gasteiger charge is 2.19. The summed E-state index contributed by atoms with van der Waals surface area (Å²) in [6, 6.07) is 0. The Morgan fingerprint density at radius 2 is 0.430 bits per heavy atom. The van der Waals surface area contributed by atoms with Gasteiger partial charge in [0, 0.05) is 19.3 Å². The van der Waals surface area contributed by atoms with Crippen LogP contribution in [0.15, 0.2) is 36.5 Å².